The summed E-state index contributed by atoms with van der Waals surface area (Å²) < 4.78 is 34.0. The fraction of sp³-hybridized carbons (Fsp3) is 0.405. The van der Waals surface area contributed by atoms with Gasteiger partial charge in [-0.15, -0.1) is 0 Å². The zero-order chi connectivity index (χ0) is 36.5. The molecule has 9 heteroatoms. The van der Waals surface area contributed by atoms with Crippen molar-refractivity contribution in [3.63, 3.8) is 0 Å². The van der Waals surface area contributed by atoms with Gasteiger partial charge in [-0.25, -0.2) is 4.79 Å². The van der Waals surface area contributed by atoms with E-state index >= 15 is 0 Å². The molecule has 270 valence electrons. The Morgan fingerprint density at radius 2 is 1.14 bits per heavy atom. The number of hydrogen-bond donors (Lipinski definition) is 1. The fourth-order valence-corrected chi connectivity index (χ4v) is 17.6. The number of carbonyl (C=O) groups excluding carboxylic acids is 1. The largest absolute Gasteiger partial charge is 0.462 e. The average molecular weight is 725 g/mol. The molecule has 5 atom stereocenters. The summed E-state index contributed by atoms with van der Waals surface area (Å²) >= 11 is 0. The molecule has 4 aromatic rings. The van der Waals surface area contributed by atoms with Crippen molar-refractivity contribution in [3.8, 4) is 0 Å². The number of aliphatic hydroxyl groups is 1. The highest BCUT2D eigenvalue weighted by Crippen LogP contribution is 2.50. The summed E-state index contributed by atoms with van der Waals surface area (Å²) in [6, 6.07) is 41.4. The molecule has 7 nitrogen and oxygen atoms in total. The SMILES string of the molecule is CCOC(=O)[C@@]12C[C@H](O[Si](c3ccccc3)(c3ccccc3)C(C)(C)C)[C@@H](O1)[C@@H]([C@@H](CO)O[Si](c1ccccc1)(c1ccccc1)C(C)(C)C)O2. The first-order chi connectivity index (χ1) is 24.3. The Morgan fingerprint density at radius 3 is 1.51 bits per heavy atom. The van der Waals surface area contributed by atoms with Crippen LogP contribution in [0.1, 0.15) is 54.9 Å². The number of aliphatic hydroxyl groups excluding tert-OH is 1. The molecule has 2 saturated heterocycles. The van der Waals surface area contributed by atoms with Crippen LogP contribution < -0.4 is 20.7 Å². The lowest BCUT2D eigenvalue weighted by molar-refractivity contribution is -0.213. The highest BCUT2D eigenvalue weighted by molar-refractivity contribution is 7.00. The van der Waals surface area contributed by atoms with Crippen molar-refractivity contribution in [1.82, 2.24) is 0 Å². The average Bonchev–Trinajstić information content (AvgIpc) is 3.69. The first-order valence-electron chi connectivity index (χ1n) is 18.0. The summed E-state index contributed by atoms with van der Waals surface area (Å²) in [7, 11) is -6.22. The Hall–Kier alpha value is -3.42. The van der Waals surface area contributed by atoms with E-state index in [-0.39, 0.29) is 29.7 Å². The molecule has 0 aromatic heterocycles. The number of benzene rings is 4. The lowest BCUT2D eigenvalue weighted by Gasteiger charge is -2.48. The molecule has 6 rings (SSSR count). The Morgan fingerprint density at radius 1 is 0.725 bits per heavy atom. The number of carbonyl (C=O) groups is 1. The Labute approximate surface area is 305 Å². The van der Waals surface area contributed by atoms with Crippen LogP contribution in [0.3, 0.4) is 0 Å². The lowest BCUT2D eigenvalue weighted by atomic mass is 9.98. The molecule has 51 heavy (non-hydrogen) atoms. The predicted molar refractivity (Wildman–Crippen MR) is 206 cm³/mol. The molecule has 0 unspecified atom stereocenters. The van der Waals surface area contributed by atoms with E-state index < -0.39 is 52.8 Å². The Balaban J connectivity index is 1.48. The third-order valence-corrected chi connectivity index (χ3v) is 20.6. The van der Waals surface area contributed by atoms with E-state index in [2.05, 4.69) is 114 Å². The minimum atomic E-state index is -3.14. The van der Waals surface area contributed by atoms with Crippen LogP contribution >= 0.6 is 0 Å². The highest BCUT2D eigenvalue weighted by Gasteiger charge is 2.68. The second kappa shape index (κ2) is 14.5. The zero-order valence-corrected chi connectivity index (χ0v) is 32.9. The Kier molecular flexibility index (Phi) is 10.6. The summed E-state index contributed by atoms with van der Waals surface area (Å²) in [4.78, 5) is 13.8. The number of ether oxygens (including phenoxy) is 3. The van der Waals surface area contributed by atoms with Crippen molar-refractivity contribution < 1.29 is 33.0 Å². The van der Waals surface area contributed by atoms with Crippen molar-refractivity contribution in [1.29, 1.82) is 0 Å². The lowest BCUT2D eigenvalue weighted by Crippen LogP contribution is -2.70. The number of fused-ring (bicyclic) bond motifs is 2. The van der Waals surface area contributed by atoms with Crippen LogP contribution in [0.2, 0.25) is 10.1 Å². The van der Waals surface area contributed by atoms with Crippen LogP contribution in [0.5, 0.6) is 0 Å². The number of hydrogen-bond acceptors (Lipinski definition) is 7. The van der Waals surface area contributed by atoms with E-state index in [0.29, 0.717) is 0 Å². The molecule has 2 fully saturated rings. The predicted octanol–water partition coefficient (Wildman–Crippen LogP) is 5.32. The molecule has 2 aliphatic rings. The summed E-state index contributed by atoms with van der Waals surface area (Å²) in [6.07, 6.45) is -2.78. The molecule has 0 aliphatic carbocycles. The second-order valence-corrected chi connectivity index (χ2v) is 24.2. The van der Waals surface area contributed by atoms with Gasteiger partial charge in [0.15, 0.2) is 0 Å². The summed E-state index contributed by atoms with van der Waals surface area (Å²) in [5.74, 6) is -2.28. The molecule has 0 saturated carbocycles. The first kappa shape index (κ1) is 37.3. The van der Waals surface area contributed by atoms with Crippen molar-refractivity contribution in [3.05, 3.63) is 121 Å². The van der Waals surface area contributed by atoms with Gasteiger partial charge in [-0.1, -0.05) is 163 Å². The van der Waals surface area contributed by atoms with Crippen LogP contribution in [0, 0.1) is 0 Å². The van der Waals surface area contributed by atoms with Gasteiger partial charge < -0.3 is 28.2 Å². The maximum absolute atomic E-state index is 13.8. The molecule has 2 bridgehead atoms. The molecule has 0 radical (unpaired) electrons. The number of rotatable bonds is 12. The van der Waals surface area contributed by atoms with E-state index in [4.69, 9.17) is 23.1 Å². The molecule has 4 aromatic carbocycles. The fourth-order valence-electron chi connectivity index (χ4n) is 8.23. The van der Waals surface area contributed by atoms with Gasteiger partial charge in [-0.3, -0.25) is 0 Å². The third kappa shape index (κ3) is 6.58. The van der Waals surface area contributed by atoms with Crippen molar-refractivity contribution in [2.75, 3.05) is 13.2 Å². The van der Waals surface area contributed by atoms with Crippen LogP contribution in [0.4, 0.5) is 0 Å². The maximum Gasteiger partial charge on any atom is 0.366 e. The molecular weight excluding hydrogens is 673 g/mol. The molecule has 2 aliphatic heterocycles. The van der Waals surface area contributed by atoms with E-state index in [0.717, 1.165) is 20.7 Å². The Bertz CT molecular complexity index is 1660. The van der Waals surface area contributed by atoms with Crippen LogP contribution in [-0.4, -0.2) is 71.1 Å². The van der Waals surface area contributed by atoms with Gasteiger partial charge in [0.2, 0.25) is 0 Å². The highest BCUT2D eigenvalue weighted by atomic mass is 28.4. The van der Waals surface area contributed by atoms with Gasteiger partial charge >= 0.3 is 5.97 Å². The van der Waals surface area contributed by atoms with Crippen molar-refractivity contribution in [2.24, 2.45) is 0 Å². The van der Waals surface area contributed by atoms with Crippen molar-refractivity contribution >= 4 is 43.4 Å². The van der Waals surface area contributed by atoms with E-state index in [9.17, 15) is 9.90 Å². The first-order valence-corrected chi connectivity index (χ1v) is 21.9. The van der Waals surface area contributed by atoms with Gasteiger partial charge in [0.25, 0.3) is 22.4 Å². The van der Waals surface area contributed by atoms with Gasteiger partial charge in [-0.2, -0.15) is 0 Å². The third-order valence-electron chi connectivity index (χ3n) is 10.4. The van der Waals surface area contributed by atoms with E-state index in [1.165, 1.54) is 0 Å². The summed E-state index contributed by atoms with van der Waals surface area (Å²) in [6.45, 7) is 14.9. The zero-order valence-electron chi connectivity index (χ0n) is 30.9. The van der Waals surface area contributed by atoms with Crippen LogP contribution in [-0.2, 0) is 27.9 Å². The van der Waals surface area contributed by atoms with Crippen molar-refractivity contribution in [2.45, 2.75) is 95.2 Å². The summed E-state index contributed by atoms with van der Waals surface area (Å²) in [5, 5.41) is 15.0. The minimum Gasteiger partial charge on any atom is -0.462 e. The topological polar surface area (TPSA) is 83.5 Å². The minimum absolute atomic E-state index is 0.162. The van der Waals surface area contributed by atoms with E-state index in [1.807, 2.05) is 48.5 Å². The molecular formula is C42H52O7Si2. The quantitative estimate of drug-likeness (QED) is 0.157. The van der Waals surface area contributed by atoms with Gasteiger partial charge in [0.05, 0.1) is 25.4 Å². The second-order valence-electron chi connectivity index (χ2n) is 15.7. The van der Waals surface area contributed by atoms with E-state index in [1.54, 1.807) is 6.92 Å². The van der Waals surface area contributed by atoms with Gasteiger partial charge in [0.1, 0.15) is 12.2 Å². The molecule has 1 N–H and O–H groups in total. The number of esters is 1. The van der Waals surface area contributed by atoms with Gasteiger partial charge in [0, 0.05) is 6.42 Å². The van der Waals surface area contributed by atoms with Gasteiger partial charge in [-0.05, 0) is 37.7 Å². The van der Waals surface area contributed by atoms with Crippen LogP contribution in [0.25, 0.3) is 0 Å². The normalized spacial score (nSPS) is 22.9. The van der Waals surface area contributed by atoms with Crippen LogP contribution in [0.15, 0.2) is 121 Å². The summed E-state index contributed by atoms with van der Waals surface area (Å²) in [5.41, 5.74) is 0. The molecule has 2 heterocycles. The molecule has 0 amide bonds. The molecule has 0 spiro atoms. The monoisotopic (exact) mass is 724 g/mol. The standard InChI is InChI=1S/C42H52O7Si2/c1-8-45-39(44)42-29-35(48-50(40(2,3)4,31-21-13-9-14-22-31)32-23-15-10-16-24-32)37(46-42)38(47-42)36(30-43)49-51(41(5,6)7,33-25-17-11-18-26-33)34-27-19-12-20-28-34/h9-28,35-38,43H,8,29-30H2,1-7H3/t35-,36+,37+,38+,42-/m0/s1. The maximum atomic E-state index is 13.8. The smallest absolute Gasteiger partial charge is 0.366 e.